The number of aryl methyl sites for hydroxylation is 1. The molecule has 3 rings (SSSR count). The number of amides is 2. The quantitative estimate of drug-likeness (QED) is 0.690. The molecule has 30 heavy (non-hydrogen) atoms. The van der Waals surface area contributed by atoms with E-state index < -0.39 is 0 Å². The molecule has 0 aromatic heterocycles. The molecule has 0 bridgehead atoms. The van der Waals surface area contributed by atoms with Crippen molar-refractivity contribution in [2.45, 2.75) is 26.2 Å². The van der Waals surface area contributed by atoms with E-state index in [1.54, 1.807) is 19.1 Å². The molecule has 0 saturated carbocycles. The van der Waals surface area contributed by atoms with Crippen LogP contribution < -0.4 is 14.8 Å². The van der Waals surface area contributed by atoms with E-state index >= 15 is 0 Å². The third-order valence-corrected chi connectivity index (χ3v) is 5.54. The van der Waals surface area contributed by atoms with Crippen LogP contribution in [0.25, 0.3) is 0 Å². The molecule has 2 aromatic rings. The summed E-state index contributed by atoms with van der Waals surface area (Å²) in [6.45, 7) is 3.70. The van der Waals surface area contributed by atoms with Crippen LogP contribution in [-0.4, -0.2) is 50.6 Å². The molecular weight excluding hydrogens is 380 g/mol. The molecule has 1 saturated heterocycles. The van der Waals surface area contributed by atoms with Gasteiger partial charge in [-0.1, -0.05) is 35.9 Å². The molecule has 1 heterocycles. The third-order valence-electron chi connectivity index (χ3n) is 5.54. The van der Waals surface area contributed by atoms with Crippen molar-refractivity contribution in [3.63, 3.8) is 0 Å². The van der Waals surface area contributed by atoms with Crippen LogP contribution in [0.2, 0.25) is 0 Å². The third kappa shape index (κ3) is 5.53. The lowest BCUT2D eigenvalue weighted by Crippen LogP contribution is -2.34. The number of likely N-dealkylation sites (tertiary alicyclic amines) is 1. The van der Waals surface area contributed by atoms with Gasteiger partial charge in [-0.3, -0.25) is 9.59 Å². The van der Waals surface area contributed by atoms with Crippen LogP contribution >= 0.6 is 0 Å². The Labute approximate surface area is 178 Å². The van der Waals surface area contributed by atoms with Crippen molar-refractivity contribution in [2.24, 2.45) is 5.92 Å². The van der Waals surface area contributed by atoms with Gasteiger partial charge in [0.2, 0.25) is 11.8 Å². The molecule has 0 radical (unpaired) electrons. The molecule has 6 heteroatoms. The van der Waals surface area contributed by atoms with Gasteiger partial charge in [-0.05, 0) is 43.0 Å². The molecule has 1 aliphatic heterocycles. The first-order valence-corrected chi connectivity index (χ1v) is 10.3. The second-order valence-corrected chi connectivity index (χ2v) is 7.71. The average Bonchev–Trinajstić information content (AvgIpc) is 3.14. The average molecular weight is 411 g/mol. The van der Waals surface area contributed by atoms with E-state index in [9.17, 15) is 9.59 Å². The van der Waals surface area contributed by atoms with E-state index in [-0.39, 0.29) is 24.2 Å². The summed E-state index contributed by atoms with van der Waals surface area (Å²) in [6, 6.07) is 14.1. The number of carbonyl (C=O) groups excluding carboxylic acids is 2. The van der Waals surface area contributed by atoms with Crippen molar-refractivity contribution < 1.29 is 19.1 Å². The van der Waals surface area contributed by atoms with Gasteiger partial charge in [0.15, 0.2) is 11.5 Å². The summed E-state index contributed by atoms with van der Waals surface area (Å²) in [5.41, 5.74) is 3.48. The van der Waals surface area contributed by atoms with Gasteiger partial charge in [0.05, 0.1) is 20.1 Å². The fourth-order valence-electron chi connectivity index (χ4n) is 3.69. The minimum absolute atomic E-state index is 0.0363. The van der Waals surface area contributed by atoms with Crippen molar-refractivity contribution in [3.8, 4) is 11.5 Å². The Morgan fingerprint density at radius 1 is 1.03 bits per heavy atom. The topological polar surface area (TPSA) is 67.9 Å². The Hall–Kier alpha value is -3.02. The number of hydrogen-bond acceptors (Lipinski definition) is 4. The molecule has 0 aliphatic carbocycles. The summed E-state index contributed by atoms with van der Waals surface area (Å²) >= 11 is 0. The van der Waals surface area contributed by atoms with Crippen LogP contribution in [0.4, 0.5) is 0 Å². The number of nitrogens with zero attached hydrogens (tertiary/aromatic N) is 1. The lowest BCUT2D eigenvalue weighted by Gasteiger charge is -2.17. The zero-order chi connectivity index (χ0) is 21.5. The summed E-state index contributed by atoms with van der Waals surface area (Å²) < 4.78 is 10.6. The number of benzene rings is 2. The van der Waals surface area contributed by atoms with E-state index in [0.717, 1.165) is 12.0 Å². The first-order valence-electron chi connectivity index (χ1n) is 10.3. The minimum Gasteiger partial charge on any atom is -0.493 e. The van der Waals surface area contributed by atoms with Crippen molar-refractivity contribution in [1.29, 1.82) is 0 Å². The summed E-state index contributed by atoms with van der Waals surface area (Å²) in [5, 5.41) is 2.98. The number of hydrogen-bond donors (Lipinski definition) is 1. The Kier molecular flexibility index (Phi) is 7.33. The number of nitrogens with one attached hydrogen (secondary N) is 1. The lowest BCUT2D eigenvalue weighted by atomic mass is 10.1. The number of carbonyl (C=O) groups is 2. The van der Waals surface area contributed by atoms with E-state index in [2.05, 4.69) is 36.5 Å². The molecule has 6 nitrogen and oxygen atoms in total. The highest BCUT2D eigenvalue weighted by molar-refractivity contribution is 5.89. The standard InChI is InChI=1S/C24H30N2O4/c1-17-4-6-18(7-5-17)10-12-25-24(28)20-15-23(27)26(16-20)13-11-19-8-9-21(29-2)22(14-19)30-3/h4-9,14,20H,10-13,15-16H2,1-3H3,(H,25,28)/t20-/m0/s1. The molecular formula is C24H30N2O4. The second-order valence-electron chi connectivity index (χ2n) is 7.71. The predicted molar refractivity (Wildman–Crippen MR) is 116 cm³/mol. The highest BCUT2D eigenvalue weighted by Crippen LogP contribution is 2.28. The number of ether oxygens (including phenoxy) is 2. The van der Waals surface area contributed by atoms with Crippen LogP contribution in [0.3, 0.4) is 0 Å². The summed E-state index contributed by atoms with van der Waals surface area (Å²) in [4.78, 5) is 26.6. The van der Waals surface area contributed by atoms with Crippen LogP contribution in [0, 0.1) is 12.8 Å². The molecule has 0 spiro atoms. The van der Waals surface area contributed by atoms with Crippen molar-refractivity contribution >= 4 is 11.8 Å². The van der Waals surface area contributed by atoms with Gasteiger partial charge in [0.1, 0.15) is 0 Å². The maximum atomic E-state index is 12.5. The van der Waals surface area contributed by atoms with Gasteiger partial charge in [0, 0.05) is 26.1 Å². The molecule has 1 aliphatic rings. The Morgan fingerprint density at radius 2 is 1.73 bits per heavy atom. The maximum absolute atomic E-state index is 12.5. The zero-order valence-corrected chi connectivity index (χ0v) is 17.9. The molecule has 1 atom stereocenters. The molecule has 1 fully saturated rings. The van der Waals surface area contributed by atoms with Crippen molar-refractivity contribution in [3.05, 3.63) is 59.2 Å². The van der Waals surface area contributed by atoms with Crippen molar-refractivity contribution in [2.75, 3.05) is 33.9 Å². The van der Waals surface area contributed by atoms with Crippen LogP contribution in [-0.2, 0) is 22.4 Å². The largest absolute Gasteiger partial charge is 0.493 e. The molecule has 0 unspecified atom stereocenters. The number of rotatable bonds is 9. The normalized spacial score (nSPS) is 15.9. The Balaban J connectivity index is 1.46. The van der Waals surface area contributed by atoms with E-state index in [0.29, 0.717) is 37.6 Å². The van der Waals surface area contributed by atoms with Crippen LogP contribution in [0.1, 0.15) is 23.1 Å². The van der Waals surface area contributed by atoms with Crippen LogP contribution in [0.15, 0.2) is 42.5 Å². The molecule has 1 N–H and O–H groups in total. The van der Waals surface area contributed by atoms with Gasteiger partial charge in [-0.15, -0.1) is 0 Å². The summed E-state index contributed by atoms with van der Waals surface area (Å²) in [6.07, 6.45) is 1.77. The zero-order valence-electron chi connectivity index (χ0n) is 17.9. The summed E-state index contributed by atoms with van der Waals surface area (Å²) in [7, 11) is 3.21. The highest BCUT2D eigenvalue weighted by Gasteiger charge is 2.33. The first kappa shape index (κ1) is 21.7. The summed E-state index contributed by atoms with van der Waals surface area (Å²) in [5.74, 6) is 1.08. The monoisotopic (exact) mass is 410 g/mol. The van der Waals surface area contributed by atoms with E-state index in [1.807, 2.05) is 18.2 Å². The van der Waals surface area contributed by atoms with Gasteiger partial charge < -0.3 is 19.7 Å². The van der Waals surface area contributed by atoms with Gasteiger partial charge in [0.25, 0.3) is 0 Å². The van der Waals surface area contributed by atoms with Gasteiger partial charge in [-0.25, -0.2) is 0 Å². The minimum atomic E-state index is -0.277. The second kappa shape index (κ2) is 10.1. The maximum Gasteiger partial charge on any atom is 0.225 e. The Morgan fingerprint density at radius 3 is 2.43 bits per heavy atom. The first-order chi connectivity index (χ1) is 14.5. The van der Waals surface area contributed by atoms with E-state index in [1.165, 1.54) is 11.1 Å². The number of methoxy groups -OCH3 is 2. The fourth-order valence-corrected chi connectivity index (χ4v) is 3.69. The predicted octanol–water partition coefficient (Wildman–Crippen LogP) is 2.76. The smallest absolute Gasteiger partial charge is 0.225 e. The molecule has 2 aromatic carbocycles. The molecule has 2 amide bonds. The highest BCUT2D eigenvalue weighted by atomic mass is 16.5. The van der Waals surface area contributed by atoms with E-state index in [4.69, 9.17) is 9.47 Å². The Bertz CT molecular complexity index is 879. The van der Waals surface area contributed by atoms with Crippen LogP contribution in [0.5, 0.6) is 11.5 Å². The molecule has 160 valence electrons. The van der Waals surface area contributed by atoms with Gasteiger partial charge >= 0.3 is 0 Å². The fraction of sp³-hybridized carbons (Fsp3) is 0.417. The SMILES string of the molecule is COc1ccc(CCN2C[C@@H](C(=O)NCCc3ccc(C)cc3)CC2=O)cc1OC. The van der Waals surface area contributed by atoms with Gasteiger partial charge in [-0.2, -0.15) is 0 Å². The van der Waals surface area contributed by atoms with Crippen molar-refractivity contribution in [1.82, 2.24) is 10.2 Å². The lowest BCUT2D eigenvalue weighted by molar-refractivity contribution is -0.129.